The van der Waals surface area contributed by atoms with E-state index in [4.69, 9.17) is 30.0 Å². The summed E-state index contributed by atoms with van der Waals surface area (Å²) in [6, 6.07) is 0. The quantitative estimate of drug-likeness (QED) is 0.399. The van der Waals surface area contributed by atoms with Gasteiger partial charge in [0.1, 0.15) is 0 Å². The summed E-state index contributed by atoms with van der Waals surface area (Å²) in [6.45, 7) is 0. The SMILES string of the molecule is O.O.O=C([O-])O.O=C([O-])[O-].[Na+].[Na+].[Na+]. The molecule has 0 aromatic rings. The van der Waals surface area contributed by atoms with Crippen LogP contribution in [0.1, 0.15) is 0 Å². The van der Waals surface area contributed by atoms with Gasteiger partial charge in [0, 0.05) is 0 Å². The van der Waals surface area contributed by atoms with E-state index in [1.54, 1.807) is 0 Å². The molecule has 8 nitrogen and oxygen atoms in total. The van der Waals surface area contributed by atoms with Gasteiger partial charge >= 0.3 is 88.7 Å². The van der Waals surface area contributed by atoms with Crippen molar-refractivity contribution in [1.29, 1.82) is 0 Å². The Morgan fingerprint density at radius 2 is 0.846 bits per heavy atom. The van der Waals surface area contributed by atoms with Gasteiger partial charge in [0.25, 0.3) is 0 Å². The molecule has 13 heavy (non-hydrogen) atoms. The molecule has 0 atom stereocenters. The Hall–Kier alpha value is 1.46. The van der Waals surface area contributed by atoms with E-state index in [2.05, 4.69) is 0 Å². The van der Waals surface area contributed by atoms with Gasteiger partial charge in [-0.1, -0.05) is 0 Å². The van der Waals surface area contributed by atoms with E-state index in [9.17, 15) is 0 Å². The summed E-state index contributed by atoms with van der Waals surface area (Å²) in [4.78, 5) is 16.8. The molecule has 0 heterocycles. The predicted molar refractivity (Wildman–Crippen MR) is 20.6 cm³/mol. The van der Waals surface area contributed by atoms with E-state index in [-0.39, 0.29) is 99.6 Å². The van der Waals surface area contributed by atoms with Crippen molar-refractivity contribution in [2.24, 2.45) is 0 Å². The van der Waals surface area contributed by atoms with Crippen LogP contribution in [-0.4, -0.2) is 28.4 Å². The average molecular weight is 226 g/mol. The summed E-state index contributed by atoms with van der Waals surface area (Å²) in [5, 5.41) is 32.0. The van der Waals surface area contributed by atoms with E-state index in [1.165, 1.54) is 0 Å². The zero-order valence-electron chi connectivity index (χ0n) is 7.49. The van der Waals surface area contributed by atoms with Gasteiger partial charge in [0.05, 0.1) is 0 Å². The van der Waals surface area contributed by atoms with Crippen molar-refractivity contribution < 1.29 is 130 Å². The van der Waals surface area contributed by atoms with Gasteiger partial charge in [0.2, 0.25) is 6.16 Å². The van der Waals surface area contributed by atoms with Crippen LogP contribution in [0.15, 0.2) is 0 Å². The van der Waals surface area contributed by atoms with Crippen LogP contribution in [0.25, 0.3) is 0 Å². The Bertz CT molecular complexity index is 75.4. The van der Waals surface area contributed by atoms with Crippen LogP contribution >= 0.6 is 0 Å². The summed E-state index contributed by atoms with van der Waals surface area (Å²) in [7, 11) is 0. The van der Waals surface area contributed by atoms with Gasteiger partial charge in [-0.2, -0.15) is 0 Å². The molecule has 0 aromatic heterocycles. The molecule has 0 saturated carbocycles. The molecule has 0 aliphatic carbocycles. The summed E-state index contributed by atoms with van der Waals surface area (Å²) in [6.07, 6.45) is -4.42. The van der Waals surface area contributed by atoms with E-state index in [0.717, 1.165) is 0 Å². The topological polar surface area (TPSA) is 187 Å². The minimum atomic E-state index is -2.33. The fourth-order valence-electron chi connectivity index (χ4n) is 0. The van der Waals surface area contributed by atoms with Gasteiger partial charge in [0.15, 0.2) is 0 Å². The number of hydrogen-bond acceptors (Lipinski definition) is 5. The van der Waals surface area contributed by atoms with E-state index >= 15 is 0 Å². The van der Waals surface area contributed by atoms with Crippen molar-refractivity contribution in [1.82, 2.24) is 0 Å². The maximum absolute atomic E-state index is 8.44. The molecular formula is C2H5Na3O8. The van der Waals surface area contributed by atoms with Gasteiger partial charge in [-0.05, 0) is 6.16 Å². The molecule has 0 unspecified atom stereocenters. The number of carbonyl (C=O) groups is 2. The third kappa shape index (κ3) is 829. The Morgan fingerprint density at radius 3 is 0.846 bits per heavy atom. The molecule has 0 spiro atoms. The number of carbonyl (C=O) groups excluding carboxylic acids is 1. The van der Waals surface area contributed by atoms with Crippen molar-refractivity contribution in [2.45, 2.75) is 0 Å². The Kier molecular flexibility index (Phi) is 136. The molecule has 0 rings (SSSR count). The molecular weight excluding hydrogens is 221 g/mol. The maximum Gasteiger partial charge on any atom is 1.00 e. The third-order valence-corrected chi connectivity index (χ3v) is 0. The van der Waals surface area contributed by atoms with Gasteiger partial charge in [-0.25, -0.2) is 0 Å². The fraction of sp³-hybridized carbons (Fsp3) is 0. The maximum atomic E-state index is 8.44. The number of carboxylic acid groups (broad SMARTS) is 4. The predicted octanol–water partition coefficient (Wildman–Crippen LogP) is -14.2. The van der Waals surface area contributed by atoms with Crippen LogP contribution in [0, 0.1) is 0 Å². The fourth-order valence-corrected chi connectivity index (χ4v) is 0. The summed E-state index contributed by atoms with van der Waals surface area (Å²) in [5.41, 5.74) is 0. The van der Waals surface area contributed by atoms with Crippen molar-refractivity contribution >= 4 is 12.3 Å². The summed E-state index contributed by atoms with van der Waals surface area (Å²) in [5.74, 6) is 0. The van der Waals surface area contributed by atoms with Crippen LogP contribution in [0.5, 0.6) is 0 Å². The molecule has 0 fully saturated rings. The van der Waals surface area contributed by atoms with Crippen molar-refractivity contribution in [2.75, 3.05) is 0 Å². The third-order valence-electron chi connectivity index (χ3n) is 0. The normalized spacial score (nSPS) is 3.69. The van der Waals surface area contributed by atoms with Crippen molar-refractivity contribution in [3.63, 3.8) is 0 Å². The zero-order valence-corrected chi connectivity index (χ0v) is 13.5. The molecule has 64 valence electrons. The second kappa shape index (κ2) is 37.5. The number of hydrogen-bond donors (Lipinski definition) is 1. The molecule has 11 heteroatoms. The Morgan fingerprint density at radius 1 is 0.846 bits per heavy atom. The Balaban J connectivity index is -0.00000000800. The monoisotopic (exact) mass is 226 g/mol. The molecule has 5 N–H and O–H groups in total. The molecule has 0 bridgehead atoms. The summed E-state index contributed by atoms with van der Waals surface area (Å²) < 4.78 is 0. The minimum absolute atomic E-state index is 0. The molecule has 0 amide bonds. The first-order valence-electron chi connectivity index (χ1n) is 1.24. The van der Waals surface area contributed by atoms with Gasteiger partial charge in [-0.15, -0.1) is 0 Å². The molecule has 0 aliphatic rings. The van der Waals surface area contributed by atoms with Crippen LogP contribution in [0.3, 0.4) is 0 Å². The second-order valence-corrected chi connectivity index (χ2v) is 0.516. The first-order chi connectivity index (χ1) is 3.46. The van der Waals surface area contributed by atoms with Crippen LogP contribution in [0.2, 0.25) is 0 Å². The smallest absolute Gasteiger partial charge is 0.652 e. The first kappa shape index (κ1) is 47.1. The average Bonchev–Trinajstić information content (AvgIpc) is 1.25. The first-order valence-corrected chi connectivity index (χ1v) is 1.24. The van der Waals surface area contributed by atoms with E-state index in [1.807, 2.05) is 0 Å². The van der Waals surface area contributed by atoms with Crippen molar-refractivity contribution in [3.8, 4) is 0 Å². The summed E-state index contributed by atoms with van der Waals surface area (Å²) >= 11 is 0. The zero-order chi connectivity index (χ0) is 7.15. The van der Waals surface area contributed by atoms with E-state index in [0.29, 0.717) is 0 Å². The standard InChI is InChI=1S/2CH2O3.3Na.2H2O/c2*2-1(3)4;;;;;/h2*(H2,2,3,4);;;;2*1H2/q;;3*+1;;/p-3. The van der Waals surface area contributed by atoms with Crippen LogP contribution in [-0.2, 0) is 0 Å². The van der Waals surface area contributed by atoms with Gasteiger partial charge in [-0.3, -0.25) is 0 Å². The molecule has 0 saturated heterocycles. The number of rotatable bonds is 0. The largest absolute Gasteiger partial charge is 1.00 e. The van der Waals surface area contributed by atoms with Crippen molar-refractivity contribution in [3.05, 3.63) is 0 Å². The van der Waals surface area contributed by atoms with Crippen LogP contribution in [0.4, 0.5) is 9.59 Å². The van der Waals surface area contributed by atoms with Crippen LogP contribution < -0.4 is 104 Å². The Labute approximate surface area is 140 Å². The second-order valence-electron chi connectivity index (χ2n) is 0.516. The molecule has 0 aromatic carbocycles. The minimum Gasteiger partial charge on any atom is -0.652 e. The van der Waals surface area contributed by atoms with Gasteiger partial charge < -0.3 is 41.0 Å². The van der Waals surface area contributed by atoms with E-state index < -0.39 is 12.3 Å². The molecule has 0 radical (unpaired) electrons. The molecule has 0 aliphatic heterocycles.